The molecule has 194 valence electrons. The lowest BCUT2D eigenvalue weighted by molar-refractivity contribution is -0.154. The quantitative estimate of drug-likeness (QED) is 0.267. The second kappa shape index (κ2) is 10.8. The van der Waals surface area contributed by atoms with E-state index >= 15 is 0 Å². The fourth-order valence-corrected chi connectivity index (χ4v) is 5.93. The number of methoxy groups -OCH3 is 1. The Kier molecular flexibility index (Phi) is 7.80. The van der Waals surface area contributed by atoms with Crippen molar-refractivity contribution < 1.29 is 33.7 Å². The van der Waals surface area contributed by atoms with Gasteiger partial charge in [0.2, 0.25) is 5.91 Å². The number of carbonyl (C=O) groups excluding carboxylic acids is 3. The molecule has 36 heavy (non-hydrogen) atoms. The number of amides is 2. The molecule has 5 atom stereocenters. The van der Waals surface area contributed by atoms with Crippen LogP contribution in [0.1, 0.15) is 25.7 Å². The van der Waals surface area contributed by atoms with Gasteiger partial charge in [-0.2, -0.15) is 0 Å². The molecule has 1 N–H and O–H groups in total. The third-order valence-electron chi connectivity index (χ3n) is 7.42. The van der Waals surface area contributed by atoms with Crippen molar-refractivity contribution in [2.24, 2.45) is 11.8 Å². The summed E-state index contributed by atoms with van der Waals surface area (Å²) in [5, 5.41) is 9.30. The number of benzene rings is 1. The molecule has 3 fully saturated rings. The number of nitrogens with zero attached hydrogens (tertiary/aromatic N) is 2. The Morgan fingerprint density at radius 1 is 1.25 bits per heavy atom. The molecular formula is C27H34N2O7. The highest BCUT2D eigenvalue weighted by molar-refractivity contribution is 6.04. The maximum absolute atomic E-state index is 14.2. The van der Waals surface area contributed by atoms with E-state index in [0.717, 1.165) is 0 Å². The van der Waals surface area contributed by atoms with Crippen molar-refractivity contribution in [3.8, 4) is 5.75 Å². The molecule has 3 aliphatic heterocycles. The van der Waals surface area contributed by atoms with E-state index in [1.54, 1.807) is 47.3 Å². The standard InChI is InChI=1S/C27H34N2O7/c1-4-14-28(18-8-10-19(34-3)11-9-18)25(32)23-27-13-12-20(36-27)21(26(33)35-17-5-2)22(27)24(31)29(23)15-6-7-16-30/h4-5,8-11,20-23,30H,1-2,6-7,12-17H2,3H3/t20-,21+,22+,23?,27?/m1/s1. The summed E-state index contributed by atoms with van der Waals surface area (Å²) >= 11 is 0. The number of hydrogen-bond donors (Lipinski definition) is 1. The van der Waals surface area contributed by atoms with Gasteiger partial charge in [-0.3, -0.25) is 14.4 Å². The Morgan fingerprint density at radius 2 is 2.00 bits per heavy atom. The van der Waals surface area contributed by atoms with Crippen LogP contribution in [0.5, 0.6) is 5.75 Å². The number of rotatable bonds is 12. The zero-order chi connectivity index (χ0) is 25.9. The molecule has 2 bridgehead atoms. The third kappa shape index (κ3) is 4.30. The van der Waals surface area contributed by atoms with E-state index in [9.17, 15) is 19.5 Å². The average Bonchev–Trinajstić information content (AvgIpc) is 3.53. The van der Waals surface area contributed by atoms with Crippen molar-refractivity contribution in [1.29, 1.82) is 0 Å². The molecule has 0 aromatic heterocycles. The average molecular weight is 499 g/mol. The first-order valence-corrected chi connectivity index (χ1v) is 12.4. The molecule has 3 aliphatic rings. The monoisotopic (exact) mass is 498 g/mol. The molecule has 0 aliphatic carbocycles. The fraction of sp³-hybridized carbons (Fsp3) is 0.519. The first-order chi connectivity index (χ1) is 17.4. The highest BCUT2D eigenvalue weighted by Gasteiger charge is 2.75. The summed E-state index contributed by atoms with van der Waals surface area (Å²) in [6.07, 6.45) is 4.71. The minimum Gasteiger partial charge on any atom is -0.497 e. The van der Waals surface area contributed by atoms with Crippen LogP contribution in [0.2, 0.25) is 0 Å². The molecule has 2 unspecified atom stereocenters. The molecule has 1 spiro atoms. The fourth-order valence-electron chi connectivity index (χ4n) is 5.93. The lowest BCUT2D eigenvalue weighted by Crippen LogP contribution is -2.56. The Labute approximate surface area is 211 Å². The van der Waals surface area contributed by atoms with Gasteiger partial charge in [0, 0.05) is 25.4 Å². The SMILES string of the molecule is C=CCOC(=O)[C@@H]1[C@H]2C(=O)N(CCCCO)C(C(=O)N(CC=C)c3ccc(OC)cc3)C23CC[C@H]1O3. The zero-order valence-electron chi connectivity index (χ0n) is 20.6. The Hall–Kier alpha value is -3.17. The lowest BCUT2D eigenvalue weighted by atomic mass is 9.70. The van der Waals surface area contributed by atoms with Gasteiger partial charge in [0.05, 0.1) is 25.0 Å². The highest BCUT2D eigenvalue weighted by atomic mass is 16.6. The smallest absolute Gasteiger partial charge is 0.312 e. The molecule has 0 radical (unpaired) electrons. The van der Waals surface area contributed by atoms with E-state index in [0.29, 0.717) is 37.1 Å². The molecule has 1 aromatic rings. The maximum Gasteiger partial charge on any atom is 0.312 e. The summed E-state index contributed by atoms with van der Waals surface area (Å²) in [5.41, 5.74) is -0.472. The molecule has 0 saturated carbocycles. The van der Waals surface area contributed by atoms with Crippen LogP contribution in [0, 0.1) is 11.8 Å². The topological polar surface area (TPSA) is 106 Å². The third-order valence-corrected chi connectivity index (χ3v) is 7.42. The van der Waals surface area contributed by atoms with Crippen molar-refractivity contribution in [3.05, 3.63) is 49.6 Å². The Balaban J connectivity index is 1.72. The predicted molar refractivity (Wildman–Crippen MR) is 132 cm³/mol. The summed E-state index contributed by atoms with van der Waals surface area (Å²) < 4.78 is 17.0. The van der Waals surface area contributed by atoms with Crippen LogP contribution >= 0.6 is 0 Å². The van der Waals surface area contributed by atoms with E-state index < -0.39 is 35.6 Å². The molecule has 1 aromatic carbocycles. The van der Waals surface area contributed by atoms with Gasteiger partial charge in [-0.05, 0) is 49.9 Å². The zero-order valence-corrected chi connectivity index (χ0v) is 20.6. The summed E-state index contributed by atoms with van der Waals surface area (Å²) in [6, 6.07) is 6.19. The molecule has 3 heterocycles. The number of aliphatic hydroxyl groups excluding tert-OH is 1. The van der Waals surface area contributed by atoms with Crippen LogP contribution in [-0.4, -0.2) is 79.0 Å². The summed E-state index contributed by atoms with van der Waals surface area (Å²) in [4.78, 5) is 44.2. The number of aliphatic hydroxyl groups is 1. The molecule has 9 nitrogen and oxygen atoms in total. The Bertz CT molecular complexity index is 1010. The van der Waals surface area contributed by atoms with Crippen LogP contribution in [-0.2, 0) is 23.9 Å². The van der Waals surface area contributed by atoms with Crippen molar-refractivity contribution in [1.82, 2.24) is 4.90 Å². The largest absolute Gasteiger partial charge is 0.497 e. The summed E-state index contributed by atoms with van der Waals surface area (Å²) in [7, 11) is 1.57. The lowest BCUT2D eigenvalue weighted by Gasteiger charge is -2.36. The number of fused-ring (bicyclic) bond motifs is 1. The van der Waals surface area contributed by atoms with E-state index in [1.807, 2.05) is 0 Å². The first kappa shape index (κ1) is 25.9. The number of anilines is 1. The summed E-state index contributed by atoms with van der Waals surface area (Å²) in [6.45, 7) is 7.93. The Morgan fingerprint density at radius 3 is 2.64 bits per heavy atom. The van der Waals surface area contributed by atoms with Crippen LogP contribution in [0.4, 0.5) is 5.69 Å². The van der Waals surface area contributed by atoms with Crippen LogP contribution in [0.25, 0.3) is 0 Å². The van der Waals surface area contributed by atoms with Crippen molar-refractivity contribution in [3.63, 3.8) is 0 Å². The van der Waals surface area contributed by atoms with Gasteiger partial charge >= 0.3 is 5.97 Å². The molecule has 3 saturated heterocycles. The van der Waals surface area contributed by atoms with Crippen molar-refractivity contribution >= 4 is 23.5 Å². The molecule has 2 amide bonds. The van der Waals surface area contributed by atoms with Crippen LogP contribution in [0.15, 0.2) is 49.6 Å². The minimum atomic E-state index is -1.11. The van der Waals surface area contributed by atoms with Crippen LogP contribution in [0.3, 0.4) is 0 Å². The predicted octanol–water partition coefficient (Wildman–Crippen LogP) is 2.09. The molecule has 9 heteroatoms. The minimum absolute atomic E-state index is 0.0151. The second-order valence-electron chi connectivity index (χ2n) is 9.37. The van der Waals surface area contributed by atoms with Gasteiger partial charge in [0.25, 0.3) is 5.91 Å². The van der Waals surface area contributed by atoms with Crippen LogP contribution < -0.4 is 9.64 Å². The van der Waals surface area contributed by atoms with E-state index in [1.165, 1.54) is 6.08 Å². The van der Waals surface area contributed by atoms with Gasteiger partial charge < -0.3 is 29.1 Å². The van der Waals surface area contributed by atoms with Gasteiger partial charge in [0.15, 0.2) is 0 Å². The molecule has 4 rings (SSSR count). The number of unbranched alkanes of at least 4 members (excludes halogenated alkanes) is 1. The number of esters is 1. The maximum atomic E-state index is 14.2. The number of carbonyl (C=O) groups is 3. The number of ether oxygens (including phenoxy) is 3. The number of likely N-dealkylation sites (tertiary alicyclic amines) is 1. The van der Waals surface area contributed by atoms with E-state index in [4.69, 9.17) is 14.2 Å². The first-order valence-electron chi connectivity index (χ1n) is 12.4. The van der Waals surface area contributed by atoms with Gasteiger partial charge in [-0.15, -0.1) is 6.58 Å². The van der Waals surface area contributed by atoms with Crippen molar-refractivity contribution in [2.45, 2.75) is 43.4 Å². The van der Waals surface area contributed by atoms with Crippen molar-refractivity contribution in [2.75, 3.05) is 38.3 Å². The second-order valence-corrected chi connectivity index (χ2v) is 9.37. The van der Waals surface area contributed by atoms with E-state index in [-0.39, 0.29) is 38.1 Å². The van der Waals surface area contributed by atoms with Gasteiger partial charge in [-0.1, -0.05) is 18.7 Å². The van der Waals surface area contributed by atoms with Gasteiger partial charge in [0.1, 0.15) is 24.0 Å². The van der Waals surface area contributed by atoms with Gasteiger partial charge in [-0.25, -0.2) is 0 Å². The number of hydrogen-bond acceptors (Lipinski definition) is 7. The highest BCUT2D eigenvalue weighted by Crippen LogP contribution is 2.59. The normalized spacial score (nSPS) is 28.1. The molecular weight excluding hydrogens is 464 g/mol. The summed E-state index contributed by atoms with van der Waals surface area (Å²) in [5.74, 6) is -1.97. The van der Waals surface area contributed by atoms with E-state index in [2.05, 4.69) is 13.2 Å².